The molecule has 1 aromatic heterocycles. The molecule has 1 atom stereocenters. The second kappa shape index (κ2) is 10.8. The van der Waals surface area contributed by atoms with E-state index < -0.39 is 11.8 Å². The van der Waals surface area contributed by atoms with Crippen molar-refractivity contribution in [2.24, 2.45) is 0 Å². The highest BCUT2D eigenvalue weighted by atomic mass is 19.1. The summed E-state index contributed by atoms with van der Waals surface area (Å²) in [6.45, 7) is 3.15. The highest BCUT2D eigenvalue weighted by Gasteiger charge is 2.28. The lowest BCUT2D eigenvalue weighted by Gasteiger charge is -2.39. The van der Waals surface area contributed by atoms with Gasteiger partial charge < -0.3 is 24.7 Å². The minimum Gasteiger partial charge on any atom is -0.497 e. The zero-order valence-electron chi connectivity index (χ0n) is 18.9. The van der Waals surface area contributed by atoms with Gasteiger partial charge in [-0.25, -0.2) is 4.39 Å². The first-order valence-corrected chi connectivity index (χ1v) is 11.0. The first kappa shape index (κ1) is 23.3. The summed E-state index contributed by atoms with van der Waals surface area (Å²) in [5.74, 6) is -0.358. The van der Waals surface area contributed by atoms with Gasteiger partial charge in [0.05, 0.1) is 19.4 Å². The van der Waals surface area contributed by atoms with Crippen LogP contribution < -0.4 is 20.3 Å². The lowest BCUT2D eigenvalue weighted by Crippen LogP contribution is -2.50. The van der Waals surface area contributed by atoms with Crippen molar-refractivity contribution in [3.63, 3.8) is 0 Å². The molecule has 0 aliphatic carbocycles. The van der Waals surface area contributed by atoms with Crippen LogP contribution in [0.25, 0.3) is 0 Å². The van der Waals surface area contributed by atoms with Crippen LogP contribution in [0.1, 0.15) is 11.8 Å². The van der Waals surface area contributed by atoms with Crippen LogP contribution in [0.3, 0.4) is 0 Å². The van der Waals surface area contributed by atoms with Crippen LogP contribution in [0.4, 0.5) is 15.8 Å². The molecule has 2 heterocycles. The van der Waals surface area contributed by atoms with Crippen LogP contribution >= 0.6 is 0 Å². The van der Waals surface area contributed by atoms with Crippen LogP contribution in [0, 0.1) is 5.82 Å². The van der Waals surface area contributed by atoms with Gasteiger partial charge in [-0.2, -0.15) is 0 Å². The van der Waals surface area contributed by atoms with Crippen LogP contribution in [-0.4, -0.2) is 56.5 Å². The van der Waals surface area contributed by atoms with Crippen LogP contribution in [0.2, 0.25) is 0 Å². The smallest absolute Gasteiger partial charge is 0.313 e. The molecule has 4 rings (SSSR count). The number of nitrogens with zero attached hydrogens (tertiary/aromatic N) is 2. The number of piperazine rings is 1. The maximum Gasteiger partial charge on any atom is 0.313 e. The number of ether oxygens (including phenoxy) is 1. The monoisotopic (exact) mass is 466 g/mol. The molecule has 0 spiro atoms. The van der Waals surface area contributed by atoms with E-state index in [4.69, 9.17) is 9.15 Å². The quantitative estimate of drug-likeness (QED) is 0.521. The summed E-state index contributed by atoms with van der Waals surface area (Å²) >= 11 is 0. The van der Waals surface area contributed by atoms with E-state index in [0.29, 0.717) is 17.2 Å². The summed E-state index contributed by atoms with van der Waals surface area (Å²) in [6, 6.07) is 16.6. The number of nitrogens with one attached hydrogen (secondary N) is 2. The SMILES string of the molecule is COc1ccc(NC(=O)C(=O)NCC(c2ccco2)N2CCN(c3ccc(F)cc3)CC2)cc1. The molecule has 3 aromatic rings. The van der Waals surface area contributed by atoms with Crippen molar-refractivity contribution in [2.75, 3.05) is 50.1 Å². The Hall–Kier alpha value is -3.85. The van der Waals surface area contributed by atoms with Crippen molar-refractivity contribution in [3.05, 3.63) is 78.5 Å². The number of hydrogen-bond donors (Lipinski definition) is 2. The van der Waals surface area contributed by atoms with Gasteiger partial charge in [0.15, 0.2) is 0 Å². The van der Waals surface area contributed by atoms with Gasteiger partial charge in [-0.15, -0.1) is 0 Å². The second-order valence-electron chi connectivity index (χ2n) is 7.92. The van der Waals surface area contributed by atoms with Crippen molar-refractivity contribution >= 4 is 23.2 Å². The molecule has 1 unspecified atom stereocenters. The standard InChI is InChI=1S/C25H27FN4O4/c1-33-21-10-6-19(7-11-21)28-25(32)24(31)27-17-22(23-3-2-16-34-23)30-14-12-29(13-15-30)20-8-4-18(26)5-9-20/h2-11,16,22H,12-15,17H2,1H3,(H,27,31)(H,28,32). The third-order valence-corrected chi connectivity index (χ3v) is 5.83. The summed E-state index contributed by atoms with van der Waals surface area (Å²) in [7, 11) is 1.55. The van der Waals surface area contributed by atoms with Gasteiger partial charge >= 0.3 is 11.8 Å². The Bertz CT molecular complexity index is 1080. The zero-order valence-corrected chi connectivity index (χ0v) is 18.9. The predicted molar refractivity (Wildman–Crippen MR) is 126 cm³/mol. The number of amides is 2. The Morgan fingerprint density at radius 1 is 1.00 bits per heavy atom. The third-order valence-electron chi connectivity index (χ3n) is 5.83. The number of anilines is 2. The molecule has 2 aromatic carbocycles. The Kier molecular flexibility index (Phi) is 7.44. The van der Waals surface area contributed by atoms with Crippen molar-refractivity contribution in [1.82, 2.24) is 10.2 Å². The topological polar surface area (TPSA) is 87.0 Å². The van der Waals surface area contributed by atoms with Crippen molar-refractivity contribution in [2.45, 2.75) is 6.04 Å². The number of hydrogen-bond acceptors (Lipinski definition) is 6. The van der Waals surface area contributed by atoms with E-state index in [-0.39, 0.29) is 18.4 Å². The van der Waals surface area contributed by atoms with Gasteiger partial charge in [-0.3, -0.25) is 14.5 Å². The van der Waals surface area contributed by atoms with Gasteiger partial charge in [-0.05, 0) is 60.7 Å². The molecule has 0 bridgehead atoms. The molecule has 9 heteroatoms. The van der Waals surface area contributed by atoms with Gasteiger partial charge in [0.25, 0.3) is 0 Å². The number of benzene rings is 2. The molecule has 1 fully saturated rings. The van der Waals surface area contributed by atoms with Crippen LogP contribution in [0.15, 0.2) is 71.3 Å². The molecule has 2 N–H and O–H groups in total. The largest absolute Gasteiger partial charge is 0.497 e. The zero-order chi connectivity index (χ0) is 23.9. The number of methoxy groups -OCH3 is 1. The van der Waals surface area contributed by atoms with Crippen molar-refractivity contribution in [1.29, 1.82) is 0 Å². The minimum absolute atomic E-state index is 0.219. The Morgan fingerprint density at radius 2 is 1.71 bits per heavy atom. The van der Waals surface area contributed by atoms with E-state index in [1.165, 1.54) is 12.1 Å². The molecular weight excluding hydrogens is 439 g/mol. The molecule has 0 radical (unpaired) electrons. The van der Waals surface area contributed by atoms with E-state index in [2.05, 4.69) is 20.4 Å². The highest BCUT2D eigenvalue weighted by Crippen LogP contribution is 2.24. The number of rotatable bonds is 7. The fourth-order valence-electron chi connectivity index (χ4n) is 3.97. The lowest BCUT2D eigenvalue weighted by molar-refractivity contribution is -0.136. The molecule has 8 nitrogen and oxygen atoms in total. The van der Waals surface area contributed by atoms with Gasteiger partial charge in [0, 0.05) is 44.1 Å². The summed E-state index contributed by atoms with van der Waals surface area (Å²) in [5, 5.41) is 5.31. The van der Waals surface area contributed by atoms with Crippen LogP contribution in [0.5, 0.6) is 5.75 Å². The predicted octanol–water partition coefficient (Wildman–Crippen LogP) is 3.05. The Balaban J connectivity index is 1.34. The van der Waals surface area contributed by atoms with Gasteiger partial charge in [0.2, 0.25) is 0 Å². The van der Waals surface area contributed by atoms with E-state index in [1.807, 2.05) is 6.07 Å². The third kappa shape index (κ3) is 5.74. The first-order valence-electron chi connectivity index (χ1n) is 11.0. The fourth-order valence-corrected chi connectivity index (χ4v) is 3.97. The first-order chi connectivity index (χ1) is 16.5. The fraction of sp³-hybridized carbons (Fsp3) is 0.280. The summed E-state index contributed by atoms with van der Waals surface area (Å²) < 4.78 is 23.9. The normalized spacial score (nSPS) is 14.9. The minimum atomic E-state index is -0.746. The number of carbonyl (C=O) groups excluding carboxylic acids is 2. The van der Waals surface area contributed by atoms with E-state index >= 15 is 0 Å². The molecule has 1 saturated heterocycles. The maximum atomic E-state index is 13.2. The van der Waals surface area contributed by atoms with Gasteiger partial charge in [0.1, 0.15) is 17.3 Å². The number of furan rings is 1. The molecular formula is C25H27FN4O4. The van der Waals surface area contributed by atoms with E-state index in [1.54, 1.807) is 55.8 Å². The maximum absolute atomic E-state index is 13.2. The average molecular weight is 467 g/mol. The molecule has 1 aliphatic heterocycles. The van der Waals surface area contributed by atoms with Gasteiger partial charge in [-0.1, -0.05) is 0 Å². The second-order valence-corrected chi connectivity index (χ2v) is 7.92. The molecule has 1 aliphatic rings. The summed E-state index contributed by atoms with van der Waals surface area (Å²) in [5.41, 5.74) is 1.47. The van der Waals surface area contributed by atoms with Crippen molar-refractivity contribution in [3.8, 4) is 5.75 Å². The molecule has 178 valence electrons. The highest BCUT2D eigenvalue weighted by molar-refractivity contribution is 6.39. The lowest BCUT2D eigenvalue weighted by atomic mass is 10.1. The number of halogens is 1. The number of carbonyl (C=O) groups is 2. The van der Waals surface area contributed by atoms with Crippen molar-refractivity contribution < 1.29 is 23.1 Å². The van der Waals surface area contributed by atoms with E-state index in [9.17, 15) is 14.0 Å². The van der Waals surface area contributed by atoms with E-state index in [0.717, 1.165) is 31.9 Å². The molecule has 0 saturated carbocycles. The Morgan fingerprint density at radius 3 is 2.32 bits per heavy atom. The molecule has 34 heavy (non-hydrogen) atoms. The molecule has 2 amide bonds. The summed E-state index contributed by atoms with van der Waals surface area (Å²) in [4.78, 5) is 29.2. The summed E-state index contributed by atoms with van der Waals surface area (Å²) in [6.07, 6.45) is 1.59. The Labute approximate surface area is 197 Å². The van der Waals surface area contributed by atoms with Crippen LogP contribution in [-0.2, 0) is 9.59 Å². The average Bonchev–Trinajstić information content (AvgIpc) is 3.40.